The molecule has 0 atom stereocenters. The van der Waals surface area contributed by atoms with Crippen molar-refractivity contribution in [3.05, 3.63) is 298 Å². The van der Waals surface area contributed by atoms with Crippen molar-refractivity contribution in [2.24, 2.45) is 0 Å². The van der Waals surface area contributed by atoms with Crippen molar-refractivity contribution in [2.75, 3.05) is 0 Å². The van der Waals surface area contributed by atoms with E-state index in [1.165, 1.54) is 0 Å². The van der Waals surface area contributed by atoms with Crippen molar-refractivity contribution in [3.63, 3.8) is 0 Å². The van der Waals surface area contributed by atoms with E-state index >= 15 is 0 Å². The standard InChI is InChI=1S/C79H37N13/c1-85-58-21-25-62(71(38-58)87-3)53-19-29-75-66(35-53)67-36-54(63-26-22-59(86-2)39-72(63)88-4)20-30-76(67)92(75)78-37-57(46-84)77(40-68(78)79-89-69(49-11-7-5-8-12-49)41-70(90-79)50-13-9-6-10-14-50)91-73-27-17-51(60-23-15-47(42-80)31-55(60)44-82)33-64(73)65-34-52(18-28-74(65)91)61-24-16-48(43-81)32-56(61)45-83/h5-41H. The van der Waals surface area contributed by atoms with E-state index in [0.29, 0.717) is 135 Å². The van der Waals surface area contributed by atoms with Crippen molar-refractivity contribution < 1.29 is 0 Å². The second-order valence-electron chi connectivity index (χ2n) is 21.6. The maximum atomic E-state index is 11.8. The van der Waals surface area contributed by atoms with Crippen LogP contribution in [0.1, 0.15) is 27.8 Å². The van der Waals surface area contributed by atoms with Gasteiger partial charge in [-0.05, 0) is 136 Å². The summed E-state index contributed by atoms with van der Waals surface area (Å²) >= 11 is 0. The lowest BCUT2D eigenvalue weighted by atomic mass is 9.95. The number of aromatic nitrogens is 4. The number of nitrogens with zero attached hydrogens (tertiary/aromatic N) is 13. The van der Waals surface area contributed by atoms with Gasteiger partial charge in [0.1, 0.15) is 6.07 Å². The molecule has 13 heteroatoms. The number of rotatable bonds is 9. The van der Waals surface area contributed by atoms with Crippen LogP contribution < -0.4 is 0 Å². The van der Waals surface area contributed by atoms with Crippen LogP contribution in [0.25, 0.3) is 153 Å². The summed E-state index contributed by atoms with van der Waals surface area (Å²) in [7, 11) is 0. The van der Waals surface area contributed by atoms with Gasteiger partial charge in [-0.2, -0.15) is 26.3 Å². The van der Waals surface area contributed by atoms with Crippen LogP contribution in [0.15, 0.2) is 224 Å². The van der Waals surface area contributed by atoms with E-state index in [9.17, 15) is 26.3 Å². The molecule has 0 spiro atoms. The fourth-order valence-electron chi connectivity index (χ4n) is 12.3. The van der Waals surface area contributed by atoms with Gasteiger partial charge in [-0.15, -0.1) is 0 Å². The van der Waals surface area contributed by atoms with Gasteiger partial charge in [0.05, 0.1) is 123 Å². The largest absolute Gasteiger partial charge is 0.308 e. The molecule has 0 amide bonds. The van der Waals surface area contributed by atoms with Crippen LogP contribution in [-0.4, -0.2) is 19.1 Å². The van der Waals surface area contributed by atoms with E-state index in [4.69, 9.17) is 36.3 Å². The summed E-state index contributed by atoms with van der Waals surface area (Å²) in [6, 6.07) is 80.6. The van der Waals surface area contributed by atoms with Gasteiger partial charge in [0.15, 0.2) is 28.6 Å². The smallest absolute Gasteiger partial charge is 0.184 e. The van der Waals surface area contributed by atoms with Gasteiger partial charge in [0, 0.05) is 38.2 Å². The molecule has 0 saturated heterocycles. The molecule has 14 aromatic rings. The highest BCUT2D eigenvalue weighted by Gasteiger charge is 2.26. The first-order valence-corrected chi connectivity index (χ1v) is 28.6. The number of benzene rings is 11. The zero-order chi connectivity index (χ0) is 63.1. The lowest BCUT2D eigenvalue weighted by molar-refractivity contribution is 1.11. The predicted octanol–water partition coefficient (Wildman–Crippen LogP) is 19.9. The van der Waals surface area contributed by atoms with E-state index in [2.05, 4.69) is 54.3 Å². The maximum absolute atomic E-state index is 11.8. The summed E-state index contributed by atoms with van der Waals surface area (Å²) < 4.78 is 4.12. The number of nitriles is 5. The Balaban J connectivity index is 1.10. The average molecular weight is 1170 g/mol. The van der Waals surface area contributed by atoms with Crippen LogP contribution in [0.4, 0.5) is 22.7 Å². The second kappa shape index (κ2) is 22.7. The summed E-state index contributed by atoms with van der Waals surface area (Å²) in [5.74, 6) is 0.331. The zero-order valence-corrected chi connectivity index (χ0v) is 48.2. The molecule has 0 fully saturated rings. The predicted molar refractivity (Wildman–Crippen MR) is 357 cm³/mol. The maximum Gasteiger partial charge on any atom is 0.184 e. The van der Waals surface area contributed by atoms with E-state index in [-0.39, 0.29) is 5.56 Å². The highest BCUT2D eigenvalue weighted by Crippen LogP contribution is 2.46. The molecule has 0 aliphatic carbocycles. The third-order valence-corrected chi connectivity index (χ3v) is 16.6. The molecule has 0 bridgehead atoms. The molecule has 0 aliphatic rings. The van der Waals surface area contributed by atoms with E-state index in [1.807, 2.05) is 156 Å². The minimum Gasteiger partial charge on any atom is -0.308 e. The summed E-state index contributed by atoms with van der Waals surface area (Å²) in [6.45, 7) is 31.8. The minimum atomic E-state index is 0.266. The van der Waals surface area contributed by atoms with Crippen LogP contribution >= 0.6 is 0 Å². The molecule has 92 heavy (non-hydrogen) atoms. The molecule has 418 valence electrons. The van der Waals surface area contributed by atoms with Crippen LogP contribution in [0.2, 0.25) is 0 Å². The molecule has 0 aliphatic heterocycles. The first-order valence-electron chi connectivity index (χ1n) is 28.6. The van der Waals surface area contributed by atoms with E-state index in [1.54, 1.807) is 72.8 Å². The van der Waals surface area contributed by atoms with Crippen LogP contribution in [-0.2, 0) is 0 Å². The SMILES string of the molecule is [C-]#[N+]c1ccc(-c2ccc3c(c2)c2cc(-c4ccc([N+]#[C-])cc4[N+]#[C-])ccc2n3-c2cc(C#N)c(-n3c4ccc(-c5ccc(C#N)cc5C#N)cc4c4cc(-c5ccc(C#N)cc5C#N)ccc43)cc2-c2nc(-c3ccccc3)cc(-c3ccccc3)n2)c([N+]#[C-])c1. The van der Waals surface area contributed by atoms with Gasteiger partial charge < -0.3 is 9.13 Å². The lowest BCUT2D eigenvalue weighted by Gasteiger charge is -2.19. The number of hydrogen-bond donors (Lipinski definition) is 0. The van der Waals surface area contributed by atoms with Crippen molar-refractivity contribution in [3.8, 4) is 120 Å². The monoisotopic (exact) mass is 1170 g/mol. The number of hydrogen-bond acceptors (Lipinski definition) is 7. The van der Waals surface area contributed by atoms with Crippen molar-refractivity contribution in [2.45, 2.75) is 0 Å². The van der Waals surface area contributed by atoms with E-state index < -0.39 is 0 Å². The quantitative estimate of drug-likeness (QED) is 0.129. The summed E-state index contributed by atoms with van der Waals surface area (Å²) in [6.07, 6.45) is 0. The molecule has 0 radical (unpaired) electrons. The molecule has 14 rings (SSSR count). The van der Waals surface area contributed by atoms with Gasteiger partial charge in [0.2, 0.25) is 0 Å². The Morgan fingerprint density at radius 1 is 0.304 bits per heavy atom. The molecule has 3 aromatic heterocycles. The average Bonchev–Trinajstić information content (AvgIpc) is 1.55. The third-order valence-electron chi connectivity index (χ3n) is 16.6. The Bertz CT molecular complexity index is 5620. The molecule has 11 aromatic carbocycles. The first kappa shape index (κ1) is 55.4. The lowest BCUT2D eigenvalue weighted by Crippen LogP contribution is -2.06. The molecule has 0 saturated carbocycles. The normalized spacial score (nSPS) is 10.7. The second-order valence-corrected chi connectivity index (χ2v) is 21.6. The fourth-order valence-corrected chi connectivity index (χ4v) is 12.3. The van der Waals surface area contributed by atoms with Gasteiger partial charge in [-0.1, -0.05) is 133 Å². The molecule has 3 heterocycles. The Hall–Kier alpha value is -14.5. The molecule has 0 N–H and O–H groups in total. The highest BCUT2D eigenvalue weighted by atomic mass is 15.0. The van der Waals surface area contributed by atoms with Crippen molar-refractivity contribution in [1.82, 2.24) is 19.1 Å². The third kappa shape index (κ3) is 9.37. The Morgan fingerprint density at radius 3 is 1.08 bits per heavy atom. The number of fused-ring (bicyclic) bond motifs is 6. The van der Waals surface area contributed by atoms with Crippen molar-refractivity contribution in [1.29, 1.82) is 26.3 Å². The van der Waals surface area contributed by atoms with Crippen molar-refractivity contribution >= 4 is 66.4 Å². The fraction of sp³-hybridized carbons (Fsp3) is 0. The summed E-state index contributed by atoms with van der Waals surface area (Å²) in [5.41, 5.74) is 15.5. The van der Waals surface area contributed by atoms with Gasteiger partial charge in [-0.25, -0.2) is 29.3 Å². The Labute approximate surface area is 527 Å². The van der Waals surface area contributed by atoms with Gasteiger partial charge in [0.25, 0.3) is 0 Å². The van der Waals surface area contributed by atoms with Gasteiger partial charge >= 0.3 is 0 Å². The topological polar surface area (TPSA) is 172 Å². The Morgan fingerprint density at radius 2 is 0.696 bits per heavy atom. The summed E-state index contributed by atoms with van der Waals surface area (Å²) in [5, 5.41) is 55.3. The van der Waals surface area contributed by atoms with Crippen LogP contribution in [0.5, 0.6) is 0 Å². The molecular weight excluding hydrogens is 1130 g/mol. The van der Waals surface area contributed by atoms with Crippen LogP contribution in [0, 0.1) is 82.9 Å². The Kier molecular flexibility index (Phi) is 13.7. The molecule has 0 unspecified atom stereocenters. The van der Waals surface area contributed by atoms with Crippen LogP contribution in [0.3, 0.4) is 0 Å². The highest BCUT2D eigenvalue weighted by molar-refractivity contribution is 6.14. The summed E-state index contributed by atoms with van der Waals surface area (Å²) in [4.78, 5) is 25.8. The molecule has 13 nitrogen and oxygen atoms in total. The van der Waals surface area contributed by atoms with Gasteiger partial charge in [-0.3, -0.25) is 0 Å². The zero-order valence-electron chi connectivity index (χ0n) is 48.2. The molecular formula is C79H37N13. The van der Waals surface area contributed by atoms with E-state index in [0.717, 1.165) is 43.8 Å². The first-order chi connectivity index (χ1) is 45.2. The minimum absolute atomic E-state index is 0.266.